The van der Waals surface area contributed by atoms with E-state index in [2.05, 4.69) is 16.2 Å². The van der Waals surface area contributed by atoms with Crippen molar-refractivity contribution in [2.45, 2.75) is 0 Å². The van der Waals surface area contributed by atoms with Crippen molar-refractivity contribution in [3.05, 3.63) is 40.2 Å². The minimum absolute atomic E-state index is 0.343. The number of rotatable bonds is 3. The Morgan fingerprint density at radius 2 is 2.12 bits per heavy atom. The highest BCUT2D eigenvalue weighted by Crippen LogP contribution is 2.34. The molecule has 0 bridgehead atoms. The number of methoxy groups -OCH3 is 1. The zero-order valence-electron chi connectivity index (χ0n) is 13.0. The van der Waals surface area contributed by atoms with Gasteiger partial charge in [-0.1, -0.05) is 6.07 Å². The normalized spacial score (nSPS) is 10.4. The van der Waals surface area contributed by atoms with Crippen LogP contribution in [0.15, 0.2) is 29.6 Å². The van der Waals surface area contributed by atoms with Crippen LogP contribution < -0.4 is 5.73 Å². The summed E-state index contributed by atoms with van der Waals surface area (Å²) < 4.78 is 6.21. The summed E-state index contributed by atoms with van der Waals surface area (Å²) in [5.74, 6) is -0.469. The number of nitrogen functional groups attached to an aromatic ring is 1. The first-order chi connectivity index (χ1) is 11.5. The van der Waals surface area contributed by atoms with Crippen LogP contribution in [0.5, 0.6) is 0 Å². The zero-order valence-corrected chi connectivity index (χ0v) is 13.8. The molecule has 2 N–H and O–H groups in total. The van der Waals surface area contributed by atoms with E-state index in [1.165, 1.54) is 23.1 Å². The van der Waals surface area contributed by atoms with Crippen molar-refractivity contribution in [1.29, 1.82) is 5.26 Å². The number of thiophene rings is 1. The highest BCUT2D eigenvalue weighted by atomic mass is 32.1. The van der Waals surface area contributed by atoms with Gasteiger partial charge in [0.1, 0.15) is 22.3 Å². The molecule has 0 spiro atoms. The lowest BCUT2D eigenvalue weighted by Gasteiger charge is -2.03. The molecule has 0 saturated heterocycles. The molecule has 8 heteroatoms. The van der Waals surface area contributed by atoms with Gasteiger partial charge in [-0.3, -0.25) is 4.68 Å². The van der Waals surface area contributed by atoms with Gasteiger partial charge >= 0.3 is 5.97 Å². The van der Waals surface area contributed by atoms with Gasteiger partial charge < -0.3 is 10.5 Å². The molecule has 0 aromatic carbocycles. The highest BCUT2D eigenvalue weighted by Gasteiger charge is 2.18. The molecule has 0 amide bonds. The molecule has 0 aliphatic carbocycles. The predicted octanol–water partition coefficient (Wildman–Crippen LogP) is 2.45. The van der Waals surface area contributed by atoms with Gasteiger partial charge in [0.25, 0.3) is 0 Å². The van der Waals surface area contributed by atoms with Crippen LogP contribution in [0.1, 0.15) is 15.4 Å². The summed E-state index contributed by atoms with van der Waals surface area (Å²) >= 11 is 1.21. The number of aryl methyl sites for hydroxylation is 1. The second-order valence-electron chi connectivity index (χ2n) is 4.94. The molecule has 0 aliphatic rings. The molecular weight excluding hydrogens is 326 g/mol. The molecule has 3 aromatic rings. The molecule has 3 rings (SSSR count). The van der Waals surface area contributed by atoms with Gasteiger partial charge in [0.2, 0.25) is 0 Å². The van der Waals surface area contributed by atoms with Crippen molar-refractivity contribution in [1.82, 2.24) is 14.8 Å². The third-order valence-corrected chi connectivity index (χ3v) is 4.46. The van der Waals surface area contributed by atoms with E-state index >= 15 is 0 Å². The van der Waals surface area contributed by atoms with E-state index in [9.17, 15) is 4.79 Å². The Morgan fingerprint density at radius 3 is 2.79 bits per heavy atom. The van der Waals surface area contributed by atoms with Crippen LogP contribution in [-0.2, 0) is 11.8 Å². The number of carbonyl (C=O) groups is 1. The SMILES string of the molecule is COC(=O)c1scc(-c2cccc(-c3cc(C#N)n(C)n3)n2)c1N. The molecule has 0 aliphatic heterocycles. The average Bonchev–Trinajstić information content (AvgIpc) is 3.17. The zero-order chi connectivity index (χ0) is 17.3. The van der Waals surface area contributed by atoms with Gasteiger partial charge in [0, 0.05) is 24.1 Å². The number of ether oxygens (including phenoxy) is 1. The lowest BCUT2D eigenvalue weighted by molar-refractivity contribution is 0.0607. The third-order valence-electron chi connectivity index (χ3n) is 3.48. The minimum atomic E-state index is -0.469. The summed E-state index contributed by atoms with van der Waals surface area (Å²) in [4.78, 5) is 16.6. The number of nitrogens with zero attached hydrogens (tertiary/aromatic N) is 4. The van der Waals surface area contributed by atoms with Crippen LogP contribution in [0.4, 0.5) is 5.69 Å². The number of carbonyl (C=O) groups excluding carboxylic acids is 1. The monoisotopic (exact) mass is 339 g/mol. The molecule has 7 nitrogen and oxygen atoms in total. The number of hydrogen-bond acceptors (Lipinski definition) is 7. The number of nitriles is 1. The Hall–Kier alpha value is -3.18. The first-order valence-corrected chi connectivity index (χ1v) is 7.80. The second-order valence-corrected chi connectivity index (χ2v) is 5.82. The Labute approximate surface area is 141 Å². The van der Waals surface area contributed by atoms with Gasteiger partial charge in [-0.15, -0.1) is 11.3 Å². The Kier molecular flexibility index (Phi) is 4.02. The summed E-state index contributed by atoms with van der Waals surface area (Å²) in [7, 11) is 3.01. The van der Waals surface area contributed by atoms with Crippen molar-refractivity contribution in [3.63, 3.8) is 0 Å². The topological polar surface area (TPSA) is 107 Å². The first kappa shape index (κ1) is 15.7. The number of aromatic nitrogens is 3. The fourth-order valence-corrected chi connectivity index (χ4v) is 3.14. The van der Waals surface area contributed by atoms with Gasteiger partial charge in [-0.2, -0.15) is 10.4 Å². The first-order valence-electron chi connectivity index (χ1n) is 6.92. The van der Waals surface area contributed by atoms with E-state index in [1.807, 2.05) is 6.07 Å². The van der Waals surface area contributed by atoms with Crippen LogP contribution in [0, 0.1) is 11.3 Å². The molecular formula is C16H13N5O2S. The Bertz CT molecular complexity index is 967. The molecule has 0 saturated carbocycles. The smallest absolute Gasteiger partial charge is 0.350 e. The maximum atomic E-state index is 11.7. The van der Waals surface area contributed by atoms with E-state index in [1.54, 1.807) is 30.6 Å². The van der Waals surface area contributed by atoms with Crippen LogP contribution in [0.2, 0.25) is 0 Å². The molecule has 0 unspecified atom stereocenters. The van der Waals surface area contributed by atoms with Crippen molar-refractivity contribution in [2.75, 3.05) is 12.8 Å². The third kappa shape index (κ3) is 2.61. The molecule has 0 fully saturated rings. The summed E-state index contributed by atoms with van der Waals surface area (Å²) in [6, 6.07) is 9.17. The highest BCUT2D eigenvalue weighted by molar-refractivity contribution is 7.13. The molecule has 24 heavy (non-hydrogen) atoms. The Balaban J connectivity index is 2.04. The van der Waals surface area contributed by atoms with Crippen LogP contribution >= 0.6 is 11.3 Å². The summed E-state index contributed by atoms with van der Waals surface area (Å²) in [5, 5.41) is 15.1. The second kappa shape index (κ2) is 6.14. The molecule has 0 atom stereocenters. The summed E-state index contributed by atoms with van der Waals surface area (Å²) in [5.41, 5.74) is 9.35. The van der Waals surface area contributed by atoms with Gasteiger partial charge in [-0.05, 0) is 12.1 Å². The fraction of sp³-hybridized carbons (Fsp3) is 0.125. The number of hydrogen-bond donors (Lipinski definition) is 1. The largest absolute Gasteiger partial charge is 0.465 e. The number of nitrogens with two attached hydrogens (primary N) is 1. The van der Waals surface area contributed by atoms with Gasteiger partial charge in [0.15, 0.2) is 0 Å². The molecule has 3 aromatic heterocycles. The summed E-state index contributed by atoms with van der Waals surface area (Å²) in [6.07, 6.45) is 0. The van der Waals surface area contributed by atoms with E-state index in [0.29, 0.717) is 38.9 Å². The summed E-state index contributed by atoms with van der Waals surface area (Å²) in [6.45, 7) is 0. The van der Waals surface area contributed by atoms with Crippen molar-refractivity contribution in [3.8, 4) is 28.7 Å². The lowest BCUT2D eigenvalue weighted by Crippen LogP contribution is -2.02. The van der Waals surface area contributed by atoms with Crippen LogP contribution in [0.3, 0.4) is 0 Å². The van der Waals surface area contributed by atoms with E-state index in [-0.39, 0.29) is 0 Å². The average molecular weight is 339 g/mol. The Morgan fingerprint density at radius 1 is 1.38 bits per heavy atom. The van der Waals surface area contributed by atoms with Crippen molar-refractivity contribution in [2.24, 2.45) is 7.05 Å². The van der Waals surface area contributed by atoms with E-state index in [0.717, 1.165) is 0 Å². The van der Waals surface area contributed by atoms with E-state index in [4.69, 9.17) is 15.7 Å². The lowest BCUT2D eigenvalue weighted by atomic mass is 10.1. The molecule has 3 heterocycles. The number of anilines is 1. The maximum absolute atomic E-state index is 11.7. The van der Waals surface area contributed by atoms with Crippen LogP contribution in [0.25, 0.3) is 22.6 Å². The number of esters is 1. The molecule has 120 valence electrons. The maximum Gasteiger partial charge on any atom is 0.350 e. The van der Waals surface area contributed by atoms with Crippen molar-refractivity contribution >= 4 is 23.0 Å². The van der Waals surface area contributed by atoms with E-state index < -0.39 is 5.97 Å². The van der Waals surface area contributed by atoms with Gasteiger partial charge in [0.05, 0.1) is 24.2 Å². The van der Waals surface area contributed by atoms with Gasteiger partial charge in [-0.25, -0.2) is 9.78 Å². The minimum Gasteiger partial charge on any atom is -0.465 e. The number of pyridine rings is 1. The fourth-order valence-electron chi connectivity index (χ4n) is 2.24. The van der Waals surface area contributed by atoms with Crippen molar-refractivity contribution < 1.29 is 9.53 Å². The molecule has 0 radical (unpaired) electrons. The predicted molar refractivity (Wildman–Crippen MR) is 90.2 cm³/mol. The standard InChI is InChI=1S/C16H13N5O2S/c1-21-9(7-17)6-13(20-21)12-5-3-4-11(19-12)10-8-24-15(14(10)18)16(22)23-2/h3-6,8H,18H2,1-2H3. The quantitative estimate of drug-likeness (QED) is 0.735. The van der Waals surface area contributed by atoms with Crippen LogP contribution in [-0.4, -0.2) is 27.8 Å².